The van der Waals surface area contributed by atoms with Crippen molar-refractivity contribution in [2.75, 3.05) is 17.7 Å². The second kappa shape index (κ2) is 10.1. The third kappa shape index (κ3) is 6.53. The number of thioether (sulfide) groups is 1. The number of nitrogens with one attached hydrogen (secondary N) is 1. The van der Waals surface area contributed by atoms with Gasteiger partial charge < -0.3 is 10.1 Å². The molecule has 2 aromatic rings. The Balaban J connectivity index is 1.81. The number of hydrogen-bond acceptors (Lipinski definition) is 5. The Bertz CT molecular complexity index is 859. The molecule has 0 fully saturated rings. The molecule has 0 atom stereocenters. The van der Waals surface area contributed by atoms with Crippen LogP contribution in [0.1, 0.15) is 35.3 Å². The van der Waals surface area contributed by atoms with Crippen LogP contribution in [0.4, 0.5) is 5.69 Å². The molecule has 5 nitrogen and oxygen atoms in total. The summed E-state index contributed by atoms with van der Waals surface area (Å²) in [4.78, 5) is 36.8. The summed E-state index contributed by atoms with van der Waals surface area (Å²) < 4.78 is 5.09. The topological polar surface area (TPSA) is 72.5 Å². The first-order valence-electron chi connectivity index (χ1n) is 9.06. The lowest BCUT2D eigenvalue weighted by Crippen LogP contribution is -2.18. The van der Waals surface area contributed by atoms with Gasteiger partial charge in [0.2, 0.25) is 5.91 Å². The van der Waals surface area contributed by atoms with Crippen molar-refractivity contribution in [3.63, 3.8) is 0 Å². The number of anilines is 1. The summed E-state index contributed by atoms with van der Waals surface area (Å²) in [5, 5.41) is 2.76. The van der Waals surface area contributed by atoms with Gasteiger partial charge >= 0.3 is 5.97 Å². The van der Waals surface area contributed by atoms with E-state index in [1.165, 1.54) is 17.3 Å². The molecule has 148 valence electrons. The van der Waals surface area contributed by atoms with Crippen LogP contribution in [0.2, 0.25) is 0 Å². The molecule has 2 rings (SSSR count). The Labute approximate surface area is 169 Å². The molecule has 2 aromatic carbocycles. The van der Waals surface area contributed by atoms with Crippen molar-refractivity contribution in [2.24, 2.45) is 5.92 Å². The number of ether oxygens (including phenoxy) is 1. The molecule has 0 saturated carbocycles. The number of carbonyl (C=O) groups is 3. The van der Waals surface area contributed by atoms with Crippen LogP contribution in [-0.4, -0.2) is 30.0 Å². The van der Waals surface area contributed by atoms with Crippen LogP contribution in [0.3, 0.4) is 0 Å². The van der Waals surface area contributed by atoms with Crippen LogP contribution in [0.15, 0.2) is 47.4 Å². The van der Waals surface area contributed by atoms with Crippen molar-refractivity contribution < 1.29 is 19.1 Å². The predicted molar refractivity (Wildman–Crippen MR) is 112 cm³/mol. The first-order valence-corrected chi connectivity index (χ1v) is 10.0. The van der Waals surface area contributed by atoms with Gasteiger partial charge in [0.05, 0.1) is 5.75 Å². The van der Waals surface area contributed by atoms with E-state index in [0.717, 1.165) is 10.5 Å². The molecule has 0 unspecified atom stereocenters. The first-order chi connectivity index (χ1) is 13.3. The summed E-state index contributed by atoms with van der Waals surface area (Å²) in [6.45, 7) is 7.33. The van der Waals surface area contributed by atoms with Crippen LogP contribution in [0.5, 0.6) is 0 Å². The smallest absolute Gasteiger partial charge is 0.316 e. The summed E-state index contributed by atoms with van der Waals surface area (Å²) in [6, 6.07) is 12.6. The third-order valence-corrected chi connectivity index (χ3v) is 5.19. The number of ketones is 1. The van der Waals surface area contributed by atoms with E-state index < -0.39 is 5.97 Å². The standard InChI is InChI=1S/C22H25NO4S/c1-14(2)22(26)23-18-8-6-17(7-9-18)19(24)12-27-21(25)13-28-20-10-5-15(3)11-16(20)4/h5-11,14H,12-13H2,1-4H3,(H,23,26). The summed E-state index contributed by atoms with van der Waals surface area (Å²) in [5.41, 5.74) is 3.33. The van der Waals surface area contributed by atoms with E-state index in [-0.39, 0.29) is 30.0 Å². The summed E-state index contributed by atoms with van der Waals surface area (Å²) >= 11 is 1.40. The highest BCUT2D eigenvalue weighted by molar-refractivity contribution is 8.00. The van der Waals surface area contributed by atoms with Gasteiger partial charge in [0.15, 0.2) is 12.4 Å². The number of Topliss-reactive ketones (excluding diaryl/α,β-unsaturated/α-hetero) is 1. The van der Waals surface area contributed by atoms with Gasteiger partial charge in [-0.05, 0) is 49.7 Å². The molecule has 0 spiro atoms. The minimum absolute atomic E-state index is 0.0886. The number of esters is 1. The Morgan fingerprint density at radius 2 is 1.71 bits per heavy atom. The molecule has 0 bridgehead atoms. The van der Waals surface area contributed by atoms with Gasteiger partial charge in [-0.1, -0.05) is 31.5 Å². The van der Waals surface area contributed by atoms with Gasteiger partial charge in [0.1, 0.15) is 0 Å². The Hall–Kier alpha value is -2.60. The lowest BCUT2D eigenvalue weighted by Gasteiger charge is -2.09. The SMILES string of the molecule is Cc1ccc(SCC(=O)OCC(=O)c2ccc(NC(=O)C(C)C)cc2)c(C)c1. The largest absolute Gasteiger partial charge is 0.457 e. The summed E-state index contributed by atoms with van der Waals surface area (Å²) in [5.74, 6) is -0.778. The van der Waals surface area contributed by atoms with Crippen molar-refractivity contribution in [3.05, 3.63) is 59.2 Å². The van der Waals surface area contributed by atoms with Crippen molar-refractivity contribution in [1.82, 2.24) is 0 Å². The average molecular weight is 400 g/mol. The molecule has 0 aliphatic carbocycles. The van der Waals surface area contributed by atoms with Crippen LogP contribution in [0, 0.1) is 19.8 Å². The van der Waals surface area contributed by atoms with Gasteiger partial charge in [-0.15, -0.1) is 11.8 Å². The number of rotatable bonds is 8. The molecule has 1 N–H and O–H groups in total. The zero-order chi connectivity index (χ0) is 20.7. The number of aryl methyl sites for hydroxylation is 2. The lowest BCUT2D eigenvalue weighted by molar-refractivity contribution is -0.139. The van der Waals surface area contributed by atoms with Crippen molar-refractivity contribution in [2.45, 2.75) is 32.6 Å². The summed E-state index contributed by atoms with van der Waals surface area (Å²) in [7, 11) is 0. The van der Waals surface area contributed by atoms with E-state index in [1.54, 1.807) is 38.1 Å². The van der Waals surface area contributed by atoms with Crippen LogP contribution >= 0.6 is 11.8 Å². The molecule has 0 heterocycles. The normalized spacial score (nSPS) is 10.6. The number of carbonyl (C=O) groups excluding carboxylic acids is 3. The minimum atomic E-state index is -0.431. The number of amides is 1. The zero-order valence-electron chi connectivity index (χ0n) is 16.6. The van der Waals surface area contributed by atoms with E-state index >= 15 is 0 Å². The Morgan fingerprint density at radius 3 is 2.32 bits per heavy atom. The molecule has 0 aliphatic heterocycles. The predicted octanol–water partition coefficient (Wildman–Crippen LogP) is 4.42. The molecular weight excluding hydrogens is 374 g/mol. The highest BCUT2D eigenvalue weighted by Crippen LogP contribution is 2.23. The Morgan fingerprint density at radius 1 is 1.04 bits per heavy atom. The van der Waals surface area contributed by atoms with E-state index in [0.29, 0.717) is 11.3 Å². The highest BCUT2D eigenvalue weighted by atomic mass is 32.2. The van der Waals surface area contributed by atoms with Gasteiger partial charge in [0, 0.05) is 22.1 Å². The molecular formula is C22H25NO4S. The molecule has 0 aliphatic rings. The van der Waals surface area contributed by atoms with Gasteiger partial charge in [-0.25, -0.2) is 0 Å². The number of hydrogen-bond donors (Lipinski definition) is 1. The molecule has 0 radical (unpaired) electrons. The van der Waals surface area contributed by atoms with E-state index in [9.17, 15) is 14.4 Å². The molecule has 1 amide bonds. The maximum absolute atomic E-state index is 12.2. The minimum Gasteiger partial charge on any atom is -0.457 e. The summed E-state index contributed by atoms with van der Waals surface area (Å²) in [6.07, 6.45) is 0. The maximum atomic E-state index is 12.2. The molecule has 28 heavy (non-hydrogen) atoms. The van der Waals surface area contributed by atoms with Crippen LogP contribution in [-0.2, 0) is 14.3 Å². The van der Waals surface area contributed by atoms with Gasteiger partial charge in [0.25, 0.3) is 0 Å². The lowest BCUT2D eigenvalue weighted by atomic mass is 10.1. The number of benzene rings is 2. The second-order valence-electron chi connectivity index (χ2n) is 6.86. The first kappa shape index (κ1) is 21.7. The van der Waals surface area contributed by atoms with Crippen molar-refractivity contribution in [1.29, 1.82) is 0 Å². The zero-order valence-corrected chi connectivity index (χ0v) is 17.4. The fourth-order valence-corrected chi connectivity index (χ4v) is 3.20. The van der Waals surface area contributed by atoms with Crippen molar-refractivity contribution in [3.8, 4) is 0 Å². The maximum Gasteiger partial charge on any atom is 0.316 e. The monoisotopic (exact) mass is 399 g/mol. The fraction of sp³-hybridized carbons (Fsp3) is 0.318. The molecule has 0 aromatic heterocycles. The highest BCUT2D eigenvalue weighted by Gasteiger charge is 2.12. The quantitative estimate of drug-likeness (QED) is 0.404. The average Bonchev–Trinajstić information content (AvgIpc) is 2.65. The van der Waals surface area contributed by atoms with Gasteiger partial charge in [-0.2, -0.15) is 0 Å². The Kier molecular flexibility index (Phi) is 7.81. The van der Waals surface area contributed by atoms with Crippen molar-refractivity contribution >= 4 is 35.1 Å². The third-order valence-electron chi connectivity index (χ3n) is 4.04. The van der Waals surface area contributed by atoms with Crippen LogP contribution < -0.4 is 5.32 Å². The van der Waals surface area contributed by atoms with E-state index in [1.807, 2.05) is 26.0 Å². The fourth-order valence-electron chi connectivity index (χ4n) is 2.40. The van der Waals surface area contributed by atoms with E-state index in [2.05, 4.69) is 11.4 Å². The molecule has 6 heteroatoms. The molecule has 0 saturated heterocycles. The van der Waals surface area contributed by atoms with Crippen LogP contribution in [0.25, 0.3) is 0 Å². The van der Waals surface area contributed by atoms with E-state index in [4.69, 9.17) is 4.74 Å². The second-order valence-corrected chi connectivity index (χ2v) is 7.88. The van der Waals surface area contributed by atoms with Gasteiger partial charge in [-0.3, -0.25) is 14.4 Å².